The Hall–Kier alpha value is -2.47. The predicted molar refractivity (Wildman–Crippen MR) is 93.3 cm³/mol. The highest BCUT2D eigenvalue weighted by Gasteiger charge is 2.20. The summed E-state index contributed by atoms with van der Waals surface area (Å²) >= 11 is 1.43. The van der Waals surface area contributed by atoms with Gasteiger partial charge in [-0.3, -0.25) is 14.0 Å². The van der Waals surface area contributed by atoms with Gasteiger partial charge in [-0.15, -0.1) is 11.3 Å². The van der Waals surface area contributed by atoms with Gasteiger partial charge in [-0.25, -0.2) is 4.98 Å². The second kappa shape index (κ2) is 6.97. The molecule has 0 radical (unpaired) electrons. The number of carbonyl (C=O) groups is 1. The van der Waals surface area contributed by atoms with Crippen molar-refractivity contribution in [3.8, 4) is 0 Å². The zero-order valence-corrected chi connectivity index (χ0v) is 14.4. The molecule has 0 amide bonds. The van der Waals surface area contributed by atoms with Gasteiger partial charge in [0.05, 0.1) is 11.6 Å². The van der Waals surface area contributed by atoms with Crippen molar-refractivity contribution in [3.63, 3.8) is 0 Å². The summed E-state index contributed by atoms with van der Waals surface area (Å²) < 4.78 is 6.91. The summed E-state index contributed by atoms with van der Waals surface area (Å²) in [6.07, 6.45) is 2.41. The monoisotopic (exact) mass is 342 g/mol. The zero-order valence-electron chi connectivity index (χ0n) is 13.6. The highest BCUT2D eigenvalue weighted by atomic mass is 32.1. The van der Waals surface area contributed by atoms with E-state index >= 15 is 0 Å². The third kappa shape index (κ3) is 3.38. The van der Waals surface area contributed by atoms with E-state index in [0.29, 0.717) is 17.1 Å². The van der Waals surface area contributed by atoms with Crippen molar-refractivity contribution in [1.82, 2.24) is 9.38 Å². The van der Waals surface area contributed by atoms with Crippen LogP contribution in [0.4, 0.5) is 0 Å². The Kier molecular flexibility index (Phi) is 4.76. The summed E-state index contributed by atoms with van der Waals surface area (Å²) in [6, 6.07) is 11.0. The zero-order chi connectivity index (χ0) is 17.1. The van der Waals surface area contributed by atoms with Gasteiger partial charge in [-0.1, -0.05) is 37.3 Å². The summed E-state index contributed by atoms with van der Waals surface area (Å²) in [7, 11) is 0. The molecule has 24 heavy (non-hydrogen) atoms. The molecule has 124 valence electrons. The van der Waals surface area contributed by atoms with Gasteiger partial charge >= 0.3 is 5.97 Å². The van der Waals surface area contributed by atoms with Crippen molar-refractivity contribution < 1.29 is 9.53 Å². The van der Waals surface area contributed by atoms with Crippen LogP contribution in [0.15, 0.2) is 47.4 Å². The van der Waals surface area contributed by atoms with Crippen LogP contribution in [0.5, 0.6) is 0 Å². The second-order valence-electron chi connectivity index (χ2n) is 5.56. The van der Waals surface area contributed by atoms with E-state index in [1.165, 1.54) is 21.8 Å². The molecule has 0 saturated heterocycles. The number of rotatable bonds is 5. The first-order chi connectivity index (χ1) is 11.6. The molecule has 0 fully saturated rings. The van der Waals surface area contributed by atoms with Crippen molar-refractivity contribution in [1.29, 1.82) is 0 Å². The fourth-order valence-corrected chi connectivity index (χ4v) is 3.45. The average molecular weight is 342 g/mol. The molecule has 3 rings (SSSR count). The van der Waals surface area contributed by atoms with Crippen LogP contribution in [0, 0.1) is 6.92 Å². The molecule has 3 aromatic rings. The van der Waals surface area contributed by atoms with Gasteiger partial charge in [-0.05, 0) is 18.9 Å². The quantitative estimate of drug-likeness (QED) is 0.668. The number of fused-ring (bicyclic) bond motifs is 1. The van der Waals surface area contributed by atoms with Crippen molar-refractivity contribution >= 4 is 22.3 Å². The minimum Gasteiger partial charge on any atom is -0.459 e. The highest BCUT2D eigenvalue weighted by molar-refractivity contribution is 7.16. The summed E-state index contributed by atoms with van der Waals surface area (Å²) in [5, 5.41) is 0. The van der Waals surface area contributed by atoms with E-state index in [1.807, 2.05) is 44.2 Å². The minimum atomic E-state index is -0.306. The molecular weight excluding hydrogens is 324 g/mol. The van der Waals surface area contributed by atoms with Gasteiger partial charge in [0.15, 0.2) is 4.96 Å². The number of nitrogens with zero attached hydrogens (tertiary/aromatic N) is 2. The summed E-state index contributed by atoms with van der Waals surface area (Å²) in [5.41, 5.74) is 1.24. The first-order valence-corrected chi connectivity index (χ1v) is 8.60. The minimum absolute atomic E-state index is 0.00482. The number of benzene rings is 1. The smallest absolute Gasteiger partial charge is 0.313 e. The Balaban J connectivity index is 1.75. The predicted octanol–water partition coefficient (Wildman–Crippen LogP) is 3.30. The molecule has 1 atom stereocenters. The number of aryl methyl sites for hydroxylation is 1. The normalized spacial score (nSPS) is 12.2. The number of ether oxygens (including phenoxy) is 1. The van der Waals surface area contributed by atoms with E-state index in [9.17, 15) is 9.59 Å². The lowest BCUT2D eigenvalue weighted by atomic mass is 9.97. The van der Waals surface area contributed by atoms with Crippen molar-refractivity contribution in [2.45, 2.75) is 32.8 Å². The van der Waals surface area contributed by atoms with Crippen LogP contribution in [-0.2, 0) is 16.1 Å². The van der Waals surface area contributed by atoms with Crippen LogP contribution in [0.3, 0.4) is 0 Å². The average Bonchev–Trinajstić information content (AvgIpc) is 2.95. The fraction of sp³-hybridized carbons (Fsp3) is 0.278. The van der Waals surface area contributed by atoms with Crippen molar-refractivity contribution in [3.05, 3.63) is 69.1 Å². The van der Waals surface area contributed by atoms with Crippen molar-refractivity contribution in [2.75, 3.05) is 0 Å². The van der Waals surface area contributed by atoms with Crippen LogP contribution in [0.1, 0.15) is 35.4 Å². The molecule has 0 N–H and O–H groups in total. The van der Waals surface area contributed by atoms with Gasteiger partial charge < -0.3 is 4.74 Å². The van der Waals surface area contributed by atoms with Crippen LogP contribution in [0.2, 0.25) is 0 Å². The van der Waals surface area contributed by atoms with Crippen LogP contribution in [0.25, 0.3) is 4.96 Å². The summed E-state index contributed by atoms with van der Waals surface area (Å²) in [4.78, 5) is 30.4. The maximum absolute atomic E-state index is 12.4. The molecule has 0 aliphatic rings. The van der Waals surface area contributed by atoms with E-state index in [1.54, 1.807) is 6.20 Å². The van der Waals surface area contributed by atoms with Crippen LogP contribution < -0.4 is 5.56 Å². The molecule has 2 aromatic heterocycles. The molecule has 0 aliphatic carbocycles. The van der Waals surface area contributed by atoms with E-state index in [0.717, 1.165) is 10.4 Å². The SMILES string of the molecule is CCC(C(=O)OCc1cc(=O)n2cc(C)sc2n1)c1ccccc1. The topological polar surface area (TPSA) is 60.7 Å². The Morgan fingerprint density at radius 1 is 1.33 bits per heavy atom. The van der Waals surface area contributed by atoms with E-state index in [4.69, 9.17) is 4.74 Å². The molecule has 0 aliphatic heterocycles. The number of carbonyl (C=O) groups excluding carboxylic acids is 1. The van der Waals surface area contributed by atoms with Gasteiger partial charge in [0.25, 0.3) is 5.56 Å². The molecule has 0 spiro atoms. The molecule has 0 bridgehead atoms. The first kappa shape index (κ1) is 16.4. The number of aromatic nitrogens is 2. The van der Waals surface area contributed by atoms with Gasteiger partial charge in [0, 0.05) is 17.1 Å². The van der Waals surface area contributed by atoms with E-state index < -0.39 is 0 Å². The largest absolute Gasteiger partial charge is 0.459 e. The Morgan fingerprint density at radius 2 is 2.08 bits per heavy atom. The third-order valence-corrected chi connectivity index (χ3v) is 4.69. The maximum atomic E-state index is 12.4. The van der Waals surface area contributed by atoms with Crippen molar-refractivity contribution in [2.24, 2.45) is 0 Å². The number of esters is 1. The van der Waals surface area contributed by atoms with E-state index in [-0.39, 0.29) is 24.1 Å². The summed E-state index contributed by atoms with van der Waals surface area (Å²) in [5.74, 6) is -0.604. The lowest BCUT2D eigenvalue weighted by Crippen LogP contribution is -2.18. The standard InChI is InChI=1S/C18H18N2O3S/c1-3-15(13-7-5-4-6-8-13)17(22)23-11-14-9-16(21)20-10-12(2)24-18(20)19-14/h4-10,15H,3,11H2,1-2H3. The van der Waals surface area contributed by atoms with E-state index in [2.05, 4.69) is 4.98 Å². The molecular formula is C18H18N2O3S. The van der Waals surface area contributed by atoms with Crippen LogP contribution >= 0.6 is 11.3 Å². The molecule has 1 unspecified atom stereocenters. The Bertz CT molecular complexity index is 915. The summed E-state index contributed by atoms with van der Waals surface area (Å²) in [6.45, 7) is 3.87. The maximum Gasteiger partial charge on any atom is 0.313 e. The second-order valence-corrected chi connectivity index (χ2v) is 6.77. The number of hydrogen-bond donors (Lipinski definition) is 0. The Morgan fingerprint density at radius 3 is 2.79 bits per heavy atom. The van der Waals surface area contributed by atoms with Gasteiger partial charge in [0.2, 0.25) is 0 Å². The lowest BCUT2D eigenvalue weighted by molar-refractivity contribution is -0.147. The van der Waals surface area contributed by atoms with Crippen LogP contribution in [-0.4, -0.2) is 15.4 Å². The number of thiazole rings is 1. The molecule has 5 nitrogen and oxygen atoms in total. The van der Waals surface area contributed by atoms with Gasteiger partial charge in [-0.2, -0.15) is 0 Å². The third-order valence-electron chi connectivity index (χ3n) is 3.79. The highest BCUT2D eigenvalue weighted by Crippen LogP contribution is 2.21. The Labute approximate surface area is 143 Å². The molecule has 6 heteroatoms. The molecule has 0 saturated carbocycles. The fourth-order valence-electron chi connectivity index (χ4n) is 2.60. The molecule has 1 aromatic carbocycles. The lowest BCUT2D eigenvalue weighted by Gasteiger charge is -2.14. The first-order valence-electron chi connectivity index (χ1n) is 7.78. The molecule has 2 heterocycles. The van der Waals surface area contributed by atoms with Gasteiger partial charge in [0.1, 0.15) is 6.61 Å². The number of hydrogen-bond acceptors (Lipinski definition) is 5.